The van der Waals surface area contributed by atoms with Gasteiger partial charge in [0.15, 0.2) is 0 Å². The lowest BCUT2D eigenvalue weighted by molar-refractivity contribution is 0.102. The van der Waals surface area contributed by atoms with Crippen LogP contribution in [0.4, 0.5) is 11.4 Å². The first-order chi connectivity index (χ1) is 18.0. The molecule has 5 aromatic rings. The molecule has 4 aromatic carbocycles. The van der Waals surface area contributed by atoms with Crippen molar-refractivity contribution in [2.45, 2.75) is 6.92 Å². The number of H-pyrrole nitrogens is 1. The van der Waals surface area contributed by atoms with Crippen LogP contribution >= 0.6 is 15.9 Å². The van der Waals surface area contributed by atoms with Crippen LogP contribution in [0.1, 0.15) is 27.6 Å². The number of imidazole rings is 1. The Hall–Kier alpha value is -4.43. The maximum atomic E-state index is 12.7. The molecule has 1 aromatic heterocycles. The van der Waals surface area contributed by atoms with Gasteiger partial charge in [0.1, 0.15) is 11.6 Å². The van der Waals surface area contributed by atoms with Crippen molar-refractivity contribution in [3.63, 3.8) is 0 Å². The van der Waals surface area contributed by atoms with E-state index >= 15 is 0 Å². The van der Waals surface area contributed by atoms with Crippen molar-refractivity contribution >= 4 is 50.2 Å². The first kappa shape index (κ1) is 24.3. The summed E-state index contributed by atoms with van der Waals surface area (Å²) in [6.07, 6.45) is 0. The largest absolute Gasteiger partial charge is 0.493 e. The Balaban J connectivity index is 1.21. The average molecular weight is 555 g/mol. The van der Waals surface area contributed by atoms with Crippen molar-refractivity contribution in [1.82, 2.24) is 9.97 Å². The van der Waals surface area contributed by atoms with Crippen molar-refractivity contribution in [3.8, 4) is 17.1 Å². The molecule has 7 nitrogen and oxygen atoms in total. The fraction of sp³-hybridized carbons (Fsp3) is 0.0690. The van der Waals surface area contributed by atoms with Gasteiger partial charge in [-0.25, -0.2) is 4.98 Å². The molecule has 0 atom stereocenters. The fourth-order valence-electron chi connectivity index (χ4n) is 3.83. The van der Waals surface area contributed by atoms with Gasteiger partial charge in [0.2, 0.25) is 0 Å². The van der Waals surface area contributed by atoms with Gasteiger partial charge in [-0.05, 0) is 102 Å². The standard InChI is InChI=1S/C29H23BrN4O3/c1-2-37-26-16-11-20(17-23(26)30)29(36)32-22-14-9-19(10-15-22)28(35)31-21-12-7-18(8-13-21)27-33-24-5-3-4-6-25(24)34-27/h3-17H,2H2,1H3,(H,31,35)(H,32,36)(H,33,34). The van der Waals surface area contributed by atoms with E-state index in [0.29, 0.717) is 39.3 Å². The quantitative estimate of drug-likeness (QED) is 0.204. The Labute approximate surface area is 222 Å². The first-order valence-electron chi connectivity index (χ1n) is 11.7. The number of amides is 2. The van der Waals surface area contributed by atoms with Crippen molar-refractivity contribution in [1.29, 1.82) is 0 Å². The summed E-state index contributed by atoms with van der Waals surface area (Å²) in [5.41, 5.74) is 5.02. The molecule has 0 aliphatic heterocycles. The van der Waals surface area contributed by atoms with Crippen LogP contribution in [0.2, 0.25) is 0 Å². The number of nitrogens with one attached hydrogen (secondary N) is 3. The van der Waals surface area contributed by atoms with Gasteiger partial charge in [-0.1, -0.05) is 12.1 Å². The monoisotopic (exact) mass is 554 g/mol. The highest BCUT2D eigenvalue weighted by molar-refractivity contribution is 9.10. The topological polar surface area (TPSA) is 96.1 Å². The van der Waals surface area contributed by atoms with E-state index in [-0.39, 0.29) is 11.8 Å². The zero-order valence-corrected chi connectivity index (χ0v) is 21.5. The number of rotatable bonds is 7. The number of fused-ring (bicyclic) bond motifs is 1. The molecule has 0 saturated heterocycles. The minimum absolute atomic E-state index is 0.246. The van der Waals surface area contributed by atoms with Gasteiger partial charge < -0.3 is 20.4 Å². The second-order valence-electron chi connectivity index (χ2n) is 8.24. The number of nitrogens with zero attached hydrogens (tertiary/aromatic N) is 1. The van der Waals surface area contributed by atoms with E-state index in [2.05, 4.69) is 36.5 Å². The van der Waals surface area contributed by atoms with Crippen LogP contribution in [0.3, 0.4) is 0 Å². The molecule has 1 heterocycles. The van der Waals surface area contributed by atoms with Gasteiger partial charge >= 0.3 is 0 Å². The highest BCUT2D eigenvalue weighted by atomic mass is 79.9. The number of ether oxygens (including phenoxy) is 1. The first-order valence-corrected chi connectivity index (χ1v) is 12.5. The summed E-state index contributed by atoms with van der Waals surface area (Å²) in [5, 5.41) is 5.74. The molecule has 5 rings (SSSR count). The van der Waals surface area contributed by atoms with Crippen LogP contribution in [-0.2, 0) is 0 Å². The Morgan fingerprint density at radius 2 is 1.46 bits per heavy atom. The molecular weight excluding hydrogens is 532 g/mol. The van der Waals surface area contributed by atoms with Crippen LogP contribution in [0, 0.1) is 0 Å². The number of hydrogen-bond acceptors (Lipinski definition) is 4. The predicted octanol–water partition coefficient (Wildman–Crippen LogP) is 6.90. The number of anilines is 2. The molecular formula is C29H23BrN4O3. The normalized spacial score (nSPS) is 10.8. The minimum Gasteiger partial charge on any atom is -0.493 e. The van der Waals surface area contributed by atoms with Crippen LogP contribution < -0.4 is 15.4 Å². The van der Waals surface area contributed by atoms with Gasteiger partial charge in [-0.15, -0.1) is 0 Å². The summed E-state index contributed by atoms with van der Waals surface area (Å²) in [6, 6.07) is 27.2. The summed E-state index contributed by atoms with van der Waals surface area (Å²) >= 11 is 3.42. The lowest BCUT2D eigenvalue weighted by Crippen LogP contribution is -2.14. The summed E-state index contributed by atoms with van der Waals surface area (Å²) < 4.78 is 6.19. The molecule has 0 bridgehead atoms. The van der Waals surface area contributed by atoms with Crippen LogP contribution in [0.5, 0.6) is 5.75 Å². The zero-order valence-electron chi connectivity index (χ0n) is 19.9. The minimum atomic E-state index is -0.259. The van der Waals surface area contributed by atoms with Crippen molar-refractivity contribution in [2.75, 3.05) is 17.2 Å². The summed E-state index contributed by atoms with van der Waals surface area (Å²) in [4.78, 5) is 33.3. The molecule has 2 amide bonds. The molecule has 37 heavy (non-hydrogen) atoms. The average Bonchev–Trinajstić information content (AvgIpc) is 3.35. The molecule has 8 heteroatoms. The van der Waals surface area contributed by atoms with E-state index < -0.39 is 0 Å². The number of benzene rings is 4. The van der Waals surface area contributed by atoms with Crippen LogP contribution in [0.25, 0.3) is 22.4 Å². The van der Waals surface area contributed by atoms with Crippen LogP contribution in [-0.4, -0.2) is 28.4 Å². The molecule has 3 N–H and O–H groups in total. The Morgan fingerprint density at radius 3 is 2.11 bits per heavy atom. The number of aromatic amines is 1. The third-order valence-electron chi connectivity index (χ3n) is 5.70. The Bertz CT molecular complexity index is 1540. The van der Waals surface area contributed by atoms with Crippen LogP contribution in [0.15, 0.2) is 95.5 Å². The third kappa shape index (κ3) is 5.54. The SMILES string of the molecule is CCOc1ccc(C(=O)Nc2ccc(C(=O)Nc3ccc(-c4nc5ccccc5[nH]4)cc3)cc2)cc1Br. The third-order valence-corrected chi connectivity index (χ3v) is 6.32. The Kier molecular flexibility index (Phi) is 7.00. The van der Waals surface area contributed by atoms with Crippen molar-refractivity contribution < 1.29 is 14.3 Å². The predicted molar refractivity (Wildman–Crippen MR) is 149 cm³/mol. The Morgan fingerprint density at radius 1 is 0.838 bits per heavy atom. The highest BCUT2D eigenvalue weighted by Crippen LogP contribution is 2.27. The molecule has 184 valence electrons. The highest BCUT2D eigenvalue weighted by Gasteiger charge is 2.12. The van der Waals surface area contributed by atoms with E-state index in [1.165, 1.54) is 0 Å². The maximum absolute atomic E-state index is 12.7. The van der Waals surface area contributed by atoms with E-state index in [4.69, 9.17) is 4.74 Å². The second-order valence-corrected chi connectivity index (χ2v) is 9.10. The molecule has 0 saturated carbocycles. The number of carbonyl (C=O) groups is 2. The second kappa shape index (κ2) is 10.7. The smallest absolute Gasteiger partial charge is 0.255 e. The molecule has 0 radical (unpaired) electrons. The molecule has 0 unspecified atom stereocenters. The zero-order chi connectivity index (χ0) is 25.8. The maximum Gasteiger partial charge on any atom is 0.255 e. The van der Waals surface area contributed by atoms with E-state index in [0.717, 1.165) is 22.4 Å². The lowest BCUT2D eigenvalue weighted by Gasteiger charge is -2.10. The molecule has 0 spiro atoms. The fourth-order valence-corrected chi connectivity index (χ4v) is 4.32. The van der Waals surface area contributed by atoms with Gasteiger partial charge in [0, 0.05) is 28.1 Å². The lowest BCUT2D eigenvalue weighted by atomic mass is 10.1. The van der Waals surface area contributed by atoms with Gasteiger partial charge in [-0.3, -0.25) is 9.59 Å². The summed E-state index contributed by atoms with van der Waals surface area (Å²) in [7, 11) is 0. The number of para-hydroxylation sites is 2. The van der Waals surface area contributed by atoms with E-state index in [1.54, 1.807) is 42.5 Å². The molecule has 0 aliphatic carbocycles. The summed E-state index contributed by atoms with van der Waals surface area (Å²) in [6.45, 7) is 2.44. The van der Waals surface area contributed by atoms with Gasteiger partial charge in [0.05, 0.1) is 22.1 Å². The van der Waals surface area contributed by atoms with Gasteiger partial charge in [-0.2, -0.15) is 0 Å². The van der Waals surface area contributed by atoms with Gasteiger partial charge in [0.25, 0.3) is 11.8 Å². The van der Waals surface area contributed by atoms with Crippen molar-refractivity contribution in [3.05, 3.63) is 107 Å². The van der Waals surface area contributed by atoms with E-state index in [9.17, 15) is 9.59 Å². The molecule has 0 fully saturated rings. The molecule has 0 aliphatic rings. The number of halogens is 1. The van der Waals surface area contributed by atoms with E-state index in [1.807, 2.05) is 55.5 Å². The summed E-state index contributed by atoms with van der Waals surface area (Å²) in [5.74, 6) is 0.947. The number of carbonyl (C=O) groups excluding carboxylic acids is 2. The number of aromatic nitrogens is 2. The number of hydrogen-bond donors (Lipinski definition) is 3. The van der Waals surface area contributed by atoms with Crippen molar-refractivity contribution in [2.24, 2.45) is 0 Å².